The topological polar surface area (TPSA) is 65.7 Å². The highest BCUT2D eigenvalue weighted by atomic mass is 79.9. The average molecular weight is 417 g/mol. The largest absolute Gasteiger partial charge is 0.488 e. The highest BCUT2D eigenvalue weighted by Crippen LogP contribution is 2.29. The Kier molecular flexibility index (Phi) is 5.73. The molecule has 0 aliphatic heterocycles. The molecule has 1 heterocycles. The molecule has 26 heavy (non-hydrogen) atoms. The zero-order valence-corrected chi connectivity index (χ0v) is 15.7. The molecule has 6 heteroatoms. The number of esters is 1. The normalized spacial score (nSPS) is 10.7. The van der Waals surface area contributed by atoms with Crippen LogP contribution in [0.3, 0.4) is 0 Å². The highest BCUT2D eigenvalue weighted by Gasteiger charge is 2.16. The van der Waals surface area contributed by atoms with E-state index in [0.717, 1.165) is 15.4 Å². The maximum atomic E-state index is 11.8. The van der Waals surface area contributed by atoms with Crippen LogP contribution in [0.15, 0.2) is 51.4 Å². The van der Waals surface area contributed by atoms with Gasteiger partial charge in [0.15, 0.2) is 12.0 Å². The lowest BCUT2D eigenvalue weighted by molar-refractivity contribution is -0.142. The molecule has 1 aromatic heterocycles. The summed E-state index contributed by atoms with van der Waals surface area (Å²) in [4.78, 5) is 23.1. The van der Waals surface area contributed by atoms with Gasteiger partial charge >= 0.3 is 5.97 Å². The van der Waals surface area contributed by atoms with Gasteiger partial charge in [0, 0.05) is 21.0 Å². The Morgan fingerprint density at radius 3 is 2.81 bits per heavy atom. The number of benzene rings is 2. The van der Waals surface area contributed by atoms with Gasteiger partial charge in [-0.25, -0.2) is 0 Å². The average Bonchev–Trinajstić information content (AvgIpc) is 2.98. The van der Waals surface area contributed by atoms with Crippen LogP contribution in [0.1, 0.15) is 28.6 Å². The van der Waals surface area contributed by atoms with Gasteiger partial charge in [-0.05, 0) is 31.2 Å². The molecule has 0 aliphatic rings. The SMILES string of the molecule is CCOC(=O)Cc1ccccc1OCc1c(C=O)oc2ccc(Br)cc12. The predicted molar refractivity (Wildman–Crippen MR) is 100 cm³/mol. The molecule has 5 nitrogen and oxygen atoms in total. The minimum Gasteiger partial charge on any atom is -0.488 e. The Morgan fingerprint density at radius 2 is 2.04 bits per heavy atom. The summed E-state index contributed by atoms with van der Waals surface area (Å²) in [6.45, 7) is 2.25. The van der Waals surface area contributed by atoms with E-state index >= 15 is 0 Å². The van der Waals surface area contributed by atoms with Crippen LogP contribution in [0.4, 0.5) is 0 Å². The van der Waals surface area contributed by atoms with Crippen LogP contribution in [-0.2, 0) is 22.6 Å². The number of fused-ring (bicyclic) bond motifs is 1. The van der Waals surface area contributed by atoms with Crippen molar-refractivity contribution >= 4 is 39.2 Å². The molecule has 0 saturated heterocycles. The van der Waals surface area contributed by atoms with Crippen molar-refractivity contribution in [2.75, 3.05) is 6.61 Å². The molecule has 0 atom stereocenters. The number of halogens is 1. The Morgan fingerprint density at radius 1 is 1.23 bits per heavy atom. The lowest BCUT2D eigenvalue weighted by Crippen LogP contribution is -2.09. The Balaban J connectivity index is 1.86. The number of para-hydroxylation sites is 1. The molecule has 3 rings (SSSR count). The van der Waals surface area contributed by atoms with Crippen molar-refractivity contribution in [3.8, 4) is 5.75 Å². The molecule has 134 valence electrons. The quantitative estimate of drug-likeness (QED) is 0.412. The minimum atomic E-state index is -0.310. The summed E-state index contributed by atoms with van der Waals surface area (Å²) in [7, 11) is 0. The summed E-state index contributed by atoms with van der Waals surface area (Å²) in [6, 6.07) is 12.8. The van der Waals surface area contributed by atoms with Gasteiger partial charge in [0.1, 0.15) is 17.9 Å². The fourth-order valence-electron chi connectivity index (χ4n) is 2.69. The monoisotopic (exact) mass is 416 g/mol. The molecule has 0 radical (unpaired) electrons. The van der Waals surface area contributed by atoms with Gasteiger partial charge in [-0.3, -0.25) is 9.59 Å². The highest BCUT2D eigenvalue weighted by molar-refractivity contribution is 9.10. The van der Waals surface area contributed by atoms with Gasteiger partial charge < -0.3 is 13.9 Å². The molecule has 0 amide bonds. The number of carbonyl (C=O) groups is 2. The lowest BCUT2D eigenvalue weighted by Gasteiger charge is -2.11. The van der Waals surface area contributed by atoms with Crippen molar-refractivity contribution in [1.82, 2.24) is 0 Å². The first-order valence-corrected chi connectivity index (χ1v) is 8.94. The van der Waals surface area contributed by atoms with Crippen LogP contribution in [-0.4, -0.2) is 18.9 Å². The van der Waals surface area contributed by atoms with Crippen molar-refractivity contribution in [3.63, 3.8) is 0 Å². The predicted octanol–water partition coefficient (Wildman–Crippen LogP) is 4.69. The van der Waals surface area contributed by atoms with Gasteiger partial charge in [0.25, 0.3) is 0 Å². The summed E-state index contributed by atoms with van der Waals surface area (Å²) in [5, 5.41) is 0.810. The van der Waals surface area contributed by atoms with Gasteiger partial charge in [-0.15, -0.1) is 0 Å². The maximum Gasteiger partial charge on any atom is 0.310 e. The number of furan rings is 1. The number of ether oxygens (including phenoxy) is 2. The molecule has 0 bridgehead atoms. The second-order valence-corrected chi connectivity index (χ2v) is 6.50. The Labute approximate surface area is 159 Å². The Bertz CT molecular complexity index is 945. The van der Waals surface area contributed by atoms with E-state index in [1.54, 1.807) is 19.1 Å². The molecule has 0 fully saturated rings. The molecule has 0 N–H and O–H groups in total. The number of rotatable bonds is 7. The first-order valence-electron chi connectivity index (χ1n) is 8.14. The van der Waals surface area contributed by atoms with Gasteiger partial charge in [-0.1, -0.05) is 34.1 Å². The molecule has 0 spiro atoms. The minimum absolute atomic E-state index is 0.127. The number of carbonyl (C=O) groups excluding carboxylic acids is 2. The van der Waals surface area contributed by atoms with E-state index in [4.69, 9.17) is 13.9 Å². The molecular formula is C20H17BrO5. The second kappa shape index (κ2) is 8.19. The van der Waals surface area contributed by atoms with Crippen LogP contribution in [0.2, 0.25) is 0 Å². The third-order valence-corrected chi connectivity index (χ3v) is 4.37. The van der Waals surface area contributed by atoms with Crippen LogP contribution < -0.4 is 4.74 Å². The van der Waals surface area contributed by atoms with Crippen LogP contribution in [0.5, 0.6) is 5.75 Å². The number of aldehydes is 1. The van der Waals surface area contributed by atoms with Crippen molar-refractivity contribution < 1.29 is 23.5 Å². The fourth-order valence-corrected chi connectivity index (χ4v) is 3.05. The van der Waals surface area contributed by atoms with Crippen LogP contribution >= 0.6 is 15.9 Å². The van der Waals surface area contributed by atoms with Crippen LogP contribution in [0.25, 0.3) is 11.0 Å². The van der Waals surface area contributed by atoms with Gasteiger partial charge in [-0.2, -0.15) is 0 Å². The molecule has 2 aromatic carbocycles. The van der Waals surface area contributed by atoms with E-state index in [0.29, 0.717) is 29.8 Å². The third kappa shape index (κ3) is 3.96. The second-order valence-electron chi connectivity index (χ2n) is 5.58. The summed E-state index contributed by atoms with van der Waals surface area (Å²) < 4.78 is 17.4. The smallest absolute Gasteiger partial charge is 0.310 e. The van der Waals surface area contributed by atoms with Crippen LogP contribution in [0, 0.1) is 0 Å². The molecule has 0 aliphatic carbocycles. The van der Waals surface area contributed by atoms with E-state index in [1.807, 2.05) is 30.3 Å². The number of hydrogen-bond donors (Lipinski definition) is 0. The summed E-state index contributed by atoms with van der Waals surface area (Å²) in [6.07, 6.45) is 0.805. The summed E-state index contributed by atoms with van der Waals surface area (Å²) in [5.74, 6) is 0.498. The van der Waals surface area contributed by atoms with Gasteiger partial charge in [0.2, 0.25) is 0 Å². The van der Waals surface area contributed by atoms with Gasteiger partial charge in [0.05, 0.1) is 13.0 Å². The fraction of sp³-hybridized carbons (Fsp3) is 0.200. The number of hydrogen-bond acceptors (Lipinski definition) is 5. The maximum absolute atomic E-state index is 11.8. The first-order chi connectivity index (χ1) is 12.6. The van der Waals surface area contributed by atoms with E-state index < -0.39 is 0 Å². The van der Waals surface area contributed by atoms with E-state index in [2.05, 4.69) is 15.9 Å². The molecular weight excluding hydrogens is 400 g/mol. The van der Waals surface area contributed by atoms with E-state index in [1.165, 1.54) is 0 Å². The first kappa shape index (κ1) is 18.2. The van der Waals surface area contributed by atoms with Crippen molar-refractivity contribution in [2.24, 2.45) is 0 Å². The standard InChI is InChI=1S/C20H17BrO5/c1-2-24-20(23)9-13-5-3-4-6-17(13)25-12-16-15-10-14(21)7-8-18(15)26-19(16)11-22/h3-8,10-11H,2,9,12H2,1H3. The van der Waals surface area contributed by atoms with Crippen molar-refractivity contribution in [3.05, 3.63) is 63.8 Å². The van der Waals surface area contributed by atoms with Crippen molar-refractivity contribution in [1.29, 1.82) is 0 Å². The van der Waals surface area contributed by atoms with E-state index in [-0.39, 0.29) is 24.8 Å². The zero-order valence-electron chi connectivity index (χ0n) is 14.2. The molecule has 0 unspecified atom stereocenters. The third-order valence-electron chi connectivity index (χ3n) is 3.88. The lowest BCUT2D eigenvalue weighted by atomic mass is 10.1. The van der Waals surface area contributed by atoms with E-state index in [9.17, 15) is 9.59 Å². The van der Waals surface area contributed by atoms with Crippen molar-refractivity contribution in [2.45, 2.75) is 20.0 Å². The molecule has 3 aromatic rings. The Hall–Kier alpha value is -2.60. The molecule has 0 saturated carbocycles. The summed E-state index contributed by atoms with van der Waals surface area (Å²) >= 11 is 3.43. The zero-order chi connectivity index (χ0) is 18.5. The summed E-state index contributed by atoms with van der Waals surface area (Å²) in [5.41, 5.74) is 2.02.